The van der Waals surface area contributed by atoms with Crippen molar-refractivity contribution in [2.24, 2.45) is 0 Å². The van der Waals surface area contributed by atoms with Crippen LogP contribution >= 0.6 is 0 Å². The van der Waals surface area contributed by atoms with Crippen molar-refractivity contribution in [1.82, 2.24) is 0 Å². The molecule has 0 N–H and O–H groups in total. The predicted octanol–water partition coefficient (Wildman–Crippen LogP) is 6.96. The third-order valence-electron chi connectivity index (χ3n) is 1.53. The molecule has 0 spiro atoms. The first-order chi connectivity index (χ1) is 11.3. The van der Waals surface area contributed by atoms with E-state index in [4.69, 9.17) is 0 Å². The first-order valence-corrected chi connectivity index (χ1v) is 18.3. The standard InChI is InChI=1S/C9H6F3Ge.3C3H9Si/c10-9(11,12)8-4-2-1-3-7(8)5-6-13;3*1-4(2)3/h1-6H;3*1-3H3. The van der Waals surface area contributed by atoms with E-state index in [9.17, 15) is 13.2 Å². The summed E-state index contributed by atoms with van der Waals surface area (Å²) in [7, 11) is 0.361. The molecule has 0 heterocycles. The number of hydrogen-bond acceptors (Lipinski definition) is 0. The Morgan fingerprint density at radius 3 is 1.36 bits per heavy atom. The van der Waals surface area contributed by atoms with Crippen molar-refractivity contribution >= 4 is 49.0 Å². The maximum atomic E-state index is 12.3. The molecule has 142 valence electrons. The van der Waals surface area contributed by atoms with E-state index >= 15 is 0 Å². The fourth-order valence-corrected chi connectivity index (χ4v) is 1.37. The molecule has 1 rings (SSSR count). The molecule has 0 unspecified atom stereocenters. The molecule has 0 aliphatic rings. The van der Waals surface area contributed by atoms with E-state index in [-0.39, 0.29) is 32.0 Å². The van der Waals surface area contributed by atoms with Crippen molar-refractivity contribution in [3.8, 4) is 0 Å². The third-order valence-corrected chi connectivity index (χ3v) is 1.88. The molecule has 0 nitrogen and oxygen atoms in total. The van der Waals surface area contributed by atoms with Crippen molar-refractivity contribution in [1.29, 1.82) is 0 Å². The summed E-state index contributed by atoms with van der Waals surface area (Å²) in [6, 6.07) is 5.50. The number of alkyl halides is 3. The van der Waals surface area contributed by atoms with E-state index in [0.29, 0.717) is 0 Å². The Balaban J connectivity index is -0.000000333. The van der Waals surface area contributed by atoms with Crippen LogP contribution in [0.5, 0.6) is 0 Å². The van der Waals surface area contributed by atoms with E-state index in [1.54, 1.807) is 27.5 Å². The van der Waals surface area contributed by atoms with Crippen LogP contribution in [-0.4, -0.2) is 42.9 Å². The number of benzene rings is 1. The second-order valence-corrected chi connectivity index (χ2v) is 16.6. The third kappa shape index (κ3) is 29.0. The molecule has 0 fully saturated rings. The second kappa shape index (κ2) is 17.4. The Morgan fingerprint density at radius 1 is 0.760 bits per heavy atom. The Labute approximate surface area is 167 Å². The average Bonchev–Trinajstić information content (AvgIpc) is 2.36. The van der Waals surface area contributed by atoms with E-state index < -0.39 is 11.7 Å². The zero-order chi connectivity index (χ0) is 20.6. The molecular weight excluding hydrogens is 430 g/mol. The number of hydrogen-bond donors (Lipinski definition) is 0. The quantitative estimate of drug-likeness (QED) is 0.395. The van der Waals surface area contributed by atoms with Crippen LogP contribution < -0.4 is 0 Å². The summed E-state index contributed by atoms with van der Waals surface area (Å²) in [4.78, 5) is 1.59. The van der Waals surface area contributed by atoms with Crippen molar-refractivity contribution in [3.05, 3.63) is 40.3 Å². The van der Waals surface area contributed by atoms with E-state index in [1.165, 1.54) is 18.2 Å². The topological polar surface area (TPSA) is 0 Å². The summed E-state index contributed by atoms with van der Waals surface area (Å²) in [5.74, 6) is 0. The molecule has 0 bridgehead atoms. The first-order valence-electron chi connectivity index (χ1n) is 8.05. The maximum absolute atomic E-state index is 12.3. The van der Waals surface area contributed by atoms with Crippen LogP contribution in [0, 0.1) is 0 Å². The normalized spacial score (nSPS) is 10.7. The van der Waals surface area contributed by atoms with Gasteiger partial charge >= 0.3 is 82.2 Å². The molecule has 7 heteroatoms. The van der Waals surface area contributed by atoms with Crippen LogP contribution in [-0.2, 0) is 6.18 Å². The van der Waals surface area contributed by atoms with Crippen molar-refractivity contribution in [2.45, 2.75) is 65.1 Å². The minimum absolute atomic E-state index is 0.120. The molecule has 25 heavy (non-hydrogen) atoms. The van der Waals surface area contributed by atoms with Crippen LogP contribution in [0.3, 0.4) is 0 Å². The summed E-state index contributed by atoms with van der Waals surface area (Å²) in [5, 5.41) is 0. The van der Waals surface area contributed by atoms with Crippen LogP contribution in [0.4, 0.5) is 13.2 Å². The second-order valence-electron chi connectivity index (χ2n) is 6.92. The van der Waals surface area contributed by atoms with Crippen LogP contribution in [0.25, 0.3) is 6.08 Å². The summed E-state index contributed by atoms with van der Waals surface area (Å²) in [6.07, 6.45) is -2.82. The zero-order valence-corrected chi connectivity index (χ0v) is 22.2. The Morgan fingerprint density at radius 2 is 1.08 bits per heavy atom. The first kappa shape index (κ1) is 29.7. The van der Waals surface area contributed by atoms with Crippen molar-refractivity contribution < 1.29 is 13.2 Å². The Bertz CT molecular complexity index is 423. The van der Waals surface area contributed by atoms with Gasteiger partial charge in [0.1, 0.15) is 0 Å². The molecule has 6 radical (unpaired) electrons. The summed E-state index contributed by atoms with van der Waals surface area (Å²) >= 11 is 1.69. The van der Waals surface area contributed by atoms with Gasteiger partial charge in [-0.3, -0.25) is 0 Å². The molecule has 0 amide bonds. The molecule has 0 atom stereocenters. The SMILES string of the molecule is C[Si](C)C.C[Si](C)C.C[Si](C)C.FC(F)(F)c1ccccc1C=[CH][Ge]. The molecular formula is C18H33F3GeSi3. The monoisotopic (exact) mass is 464 g/mol. The van der Waals surface area contributed by atoms with Gasteiger partial charge in [-0.05, 0) is 0 Å². The molecule has 0 aliphatic carbocycles. The molecule has 0 saturated carbocycles. The Kier molecular flexibility index (Phi) is 20.6. The molecule has 0 aliphatic heterocycles. The fraction of sp³-hybridized carbons (Fsp3) is 0.556. The van der Waals surface area contributed by atoms with Gasteiger partial charge in [0.25, 0.3) is 0 Å². The number of rotatable bonds is 1. The van der Waals surface area contributed by atoms with E-state index in [2.05, 4.69) is 58.9 Å². The van der Waals surface area contributed by atoms with Gasteiger partial charge in [0.15, 0.2) is 0 Å². The van der Waals surface area contributed by atoms with Gasteiger partial charge in [-0.1, -0.05) is 58.9 Å². The zero-order valence-electron chi connectivity index (χ0n) is 17.1. The predicted molar refractivity (Wildman–Crippen MR) is 116 cm³/mol. The summed E-state index contributed by atoms with van der Waals surface area (Å²) in [5.41, 5.74) is -0.384. The fourth-order valence-electron chi connectivity index (χ4n) is 0.990. The van der Waals surface area contributed by atoms with Gasteiger partial charge in [-0.2, -0.15) is 0 Å². The van der Waals surface area contributed by atoms with Crippen molar-refractivity contribution in [2.75, 3.05) is 0 Å². The molecule has 0 saturated heterocycles. The minimum atomic E-state index is -4.27. The van der Waals surface area contributed by atoms with Gasteiger partial charge < -0.3 is 0 Å². The van der Waals surface area contributed by atoms with Crippen LogP contribution in [0.1, 0.15) is 11.1 Å². The van der Waals surface area contributed by atoms with Crippen molar-refractivity contribution in [3.63, 3.8) is 0 Å². The van der Waals surface area contributed by atoms with Gasteiger partial charge in [-0.25, -0.2) is 0 Å². The Hall–Kier alpha value is -0.0565. The van der Waals surface area contributed by atoms with Gasteiger partial charge in [-0.15, -0.1) is 0 Å². The molecule has 1 aromatic carbocycles. The van der Waals surface area contributed by atoms with E-state index in [0.717, 1.165) is 6.07 Å². The summed E-state index contributed by atoms with van der Waals surface area (Å²) < 4.78 is 37.0. The van der Waals surface area contributed by atoms with Gasteiger partial charge in [0.05, 0.1) is 0 Å². The number of halogens is 3. The van der Waals surface area contributed by atoms with Gasteiger partial charge in [0, 0.05) is 26.4 Å². The van der Waals surface area contributed by atoms with Crippen LogP contribution in [0.15, 0.2) is 29.2 Å². The van der Waals surface area contributed by atoms with Gasteiger partial charge in [0.2, 0.25) is 0 Å². The summed E-state index contributed by atoms with van der Waals surface area (Å²) in [6.45, 7) is 20.4. The molecule has 1 aromatic rings. The average molecular weight is 463 g/mol. The van der Waals surface area contributed by atoms with Crippen LogP contribution in [0.2, 0.25) is 58.9 Å². The van der Waals surface area contributed by atoms with E-state index in [1.807, 2.05) is 0 Å². The molecule has 0 aromatic heterocycles.